The molecule has 0 heterocycles. The summed E-state index contributed by atoms with van der Waals surface area (Å²) in [6, 6.07) is 8.40. The zero-order chi connectivity index (χ0) is 6.69. The lowest BCUT2D eigenvalue weighted by atomic mass is 10.2. The number of hydrogen-bond acceptors (Lipinski definition) is 0. The molecule has 1 aromatic rings. The summed E-state index contributed by atoms with van der Waals surface area (Å²) in [7, 11) is 0.741. The molecule has 0 atom stereocenters. The van der Waals surface area contributed by atoms with Crippen molar-refractivity contribution in [3.8, 4) is 0 Å². The van der Waals surface area contributed by atoms with Crippen molar-refractivity contribution in [2.45, 2.75) is 6.92 Å². The highest BCUT2D eigenvalue weighted by atomic mass is 79.9. The highest BCUT2D eigenvalue weighted by Gasteiger charge is 1.92. The van der Waals surface area contributed by atoms with Gasteiger partial charge in [-0.1, -0.05) is 29.8 Å². The van der Waals surface area contributed by atoms with Crippen molar-refractivity contribution in [3.05, 3.63) is 29.8 Å². The molecular weight excluding hydrogens is 192 g/mol. The second kappa shape index (κ2) is 3.18. The molecule has 1 rings (SSSR count). The van der Waals surface area contributed by atoms with E-state index in [0.29, 0.717) is 0 Å². The van der Waals surface area contributed by atoms with E-state index in [-0.39, 0.29) is 0 Å². The Balaban J connectivity index is 3.01. The Labute approximate surface area is 65.7 Å². The molecule has 1 aromatic carbocycles. The third kappa shape index (κ3) is 1.66. The van der Waals surface area contributed by atoms with Crippen LogP contribution in [0.3, 0.4) is 0 Å². The molecule has 0 aliphatic rings. The first kappa shape index (κ1) is 7.03. The highest BCUT2D eigenvalue weighted by molar-refractivity contribution is 9.23. The molecule has 0 saturated carbocycles. The van der Waals surface area contributed by atoms with Gasteiger partial charge in [-0.3, -0.25) is 0 Å². The van der Waals surface area contributed by atoms with E-state index >= 15 is 0 Å². The minimum absolute atomic E-state index is 0.741. The van der Waals surface area contributed by atoms with Gasteiger partial charge < -0.3 is 0 Å². The molecule has 0 aliphatic heterocycles. The van der Waals surface area contributed by atoms with Gasteiger partial charge in [0.15, 0.2) is 8.14 Å². The first-order valence-corrected chi connectivity index (χ1v) is 6.02. The standard InChI is InChI=1S/C7H7BrSi/c1-6-4-2-3-5-7(6)9-8/h2-5H,1H3. The number of hydrogen-bond donors (Lipinski definition) is 0. The lowest BCUT2D eigenvalue weighted by Crippen LogP contribution is -2.10. The van der Waals surface area contributed by atoms with E-state index in [2.05, 4.69) is 46.5 Å². The summed E-state index contributed by atoms with van der Waals surface area (Å²) in [6.45, 7) is 2.13. The van der Waals surface area contributed by atoms with Crippen LogP contribution in [-0.4, -0.2) is 8.14 Å². The van der Waals surface area contributed by atoms with Crippen LogP contribution in [0, 0.1) is 6.92 Å². The summed E-state index contributed by atoms with van der Waals surface area (Å²) in [4.78, 5) is 0. The molecule has 9 heavy (non-hydrogen) atoms. The van der Waals surface area contributed by atoms with Crippen molar-refractivity contribution in [2.24, 2.45) is 0 Å². The van der Waals surface area contributed by atoms with Gasteiger partial charge in [0.25, 0.3) is 0 Å². The van der Waals surface area contributed by atoms with Gasteiger partial charge in [0.05, 0.1) is 0 Å². The van der Waals surface area contributed by atoms with Gasteiger partial charge in [0, 0.05) is 0 Å². The van der Waals surface area contributed by atoms with Crippen molar-refractivity contribution in [2.75, 3.05) is 0 Å². The predicted molar refractivity (Wildman–Crippen MR) is 45.5 cm³/mol. The Morgan fingerprint density at radius 3 is 2.44 bits per heavy atom. The van der Waals surface area contributed by atoms with Crippen LogP contribution >= 0.6 is 15.3 Å². The second-order valence-electron chi connectivity index (χ2n) is 1.91. The maximum atomic E-state index is 3.44. The fourth-order valence-electron chi connectivity index (χ4n) is 0.679. The van der Waals surface area contributed by atoms with Crippen LogP contribution in [0.25, 0.3) is 0 Å². The molecule has 0 amide bonds. The monoisotopic (exact) mass is 198 g/mol. The minimum Gasteiger partial charge on any atom is -0.125 e. The summed E-state index contributed by atoms with van der Waals surface area (Å²) in [5, 5.41) is 1.40. The molecule has 0 spiro atoms. The van der Waals surface area contributed by atoms with Crippen molar-refractivity contribution < 1.29 is 0 Å². The van der Waals surface area contributed by atoms with Gasteiger partial charge in [-0.2, -0.15) is 0 Å². The van der Waals surface area contributed by atoms with Crippen LogP contribution in [0.4, 0.5) is 0 Å². The van der Waals surface area contributed by atoms with Crippen LogP contribution in [0.2, 0.25) is 0 Å². The van der Waals surface area contributed by atoms with E-state index < -0.39 is 0 Å². The summed E-state index contributed by atoms with van der Waals surface area (Å²) < 4.78 is 0. The van der Waals surface area contributed by atoms with Crippen LogP contribution in [-0.2, 0) is 0 Å². The van der Waals surface area contributed by atoms with E-state index in [4.69, 9.17) is 0 Å². The van der Waals surface area contributed by atoms with Gasteiger partial charge in [-0.05, 0) is 12.1 Å². The van der Waals surface area contributed by atoms with Crippen LogP contribution < -0.4 is 5.19 Å². The smallest absolute Gasteiger partial charge is 0.125 e. The Kier molecular flexibility index (Phi) is 2.48. The lowest BCUT2D eigenvalue weighted by molar-refractivity contribution is 1.52. The summed E-state index contributed by atoms with van der Waals surface area (Å²) in [5.41, 5.74) is 1.37. The molecule has 46 valence electrons. The van der Waals surface area contributed by atoms with Gasteiger partial charge in [0.1, 0.15) is 0 Å². The third-order valence-electron chi connectivity index (χ3n) is 1.25. The molecule has 0 aromatic heterocycles. The molecule has 0 unspecified atom stereocenters. The largest absolute Gasteiger partial charge is 0.176 e. The molecular formula is C7H7BrSi. The van der Waals surface area contributed by atoms with Gasteiger partial charge in [-0.25, -0.2) is 0 Å². The average molecular weight is 199 g/mol. The average Bonchev–Trinajstić information content (AvgIpc) is 1.89. The van der Waals surface area contributed by atoms with E-state index in [0.717, 1.165) is 8.14 Å². The van der Waals surface area contributed by atoms with Crippen LogP contribution in [0.5, 0.6) is 0 Å². The Morgan fingerprint density at radius 1 is 1.33 bits per heavy atom. The number of benzene rings is 1. The molecule has 0 bridgehead atoms. The van der Waals surface area contributed by atoms with Crippen molar-refractivity contribution in [3.63, 3.8) is 0 Å². The number of aryl methyl sites for hydroxylation is 1. The SMILES string of the molecule is Cc1ccccc1[Si]Br. The Morgan fingerprint density at radius 2 is 2.00 bits per heavy atom. The van der Waals surface area contributed by atoms with Crippen LogP contribution in [0.1, 0.15) is 5.56 Å². The molecule has 2 radical (unpaired) electrons. The maximum absolute atomic E-state index is 3.44. The first-order chi connectivity index (χ1) is 4.34. The zero-order valence-corrected chi connectivity index (χ0v) is 7.77. The zero-order valence-electron chi connectivity index (χ0n) is 5.19. The van der Waals surface area contributed by atoms with Crippen molar-refractivity contribution >= 4 is 28.6 Å². The summed E-state index contributed by atoms with van der Waals surface area (Å²) in [6.07, 6.45) is 0. The number of halogens is 1. The molecule has 0 nitrogen and oxygen atoms in total. The van der Waals surface area contributed by atoms with Gasteiger partial charge in [0.2, 0.25) is 0 Å². The van der Waals surface area contributed by atoms with E-state index in [1.54, 1.807) is 0 Å². The van der Waals surface area contributed by atoms with E-state index in [9.17, 15) is 0 Å². The second-order valence-corrected chi connectivity index (χ2v) is 3.83. The molecule has 0 fully saturated rings. The maximum Gasteiger partial charge on any atom is 0.176 e. The van der Waals surface area contributed by atoms with Gasteiger partial charge >= 0.3 is 0 Å². The highest BCUT2D eigenvalue weighted by Crippen LogP contribution is 1.92. The molecule has 0 N–H and O–H groups in total. The lowest BCUT2D eigenvalue weighted by Gasteiger charge is -1.96. The van der Waals surface area contributed by atoms with Crippen molar-refractivity contribution in [1.82, 2.24) is 0 Å². The quantitative estimate of drug-likeness (QED) is 0.476. The van der Waals surface area contributed by atoms with Gasteiger partial charge in [-0.15, -0.1) is 15.3 Å². The first-order valence-electron chi connectivity index (χ1n) is 2.77. The summed E-state index contributed by atoms with van der Waals surface area (Å²) >= 11 is 3.44. The van der Waals surface area contributed by atoms with Crippen molar-refractivity contribution in [1.29, 1.82) is 0 Å². The van der Waals surface area contributed by atoms with E-state index in [1.165, 1.54) is 10.8 Å². The minimum atomic E-state index is 0.741. The Bertz CT molecular complexity index is 198. The molecule has 0 aliphatic carbocycles. The molecule has 2 heteroatoms. The van der Waals surface area contributed by atoms with Crippen LogP contribution in [0.15, 0.2) is 24.3 Å². The fourth-order valence-corrected chi connectivity index (χ4v) is 2.41. The summed E-state index contributed by atoms with van der Waals surface area (Å²) in [5.74, 6) is 0. The topological polar surface area (TPSA) is 0 Å². The molecule has 0 saturated heterocycles. The Hall–Kier alpha value is -0.0831. The third-order valence-corrected chi connectivity index (χ3v) is 3.29. The predicted octanol–water partition coefficient (Wildman–Crippen LogP) is 1.63. The fraction of sp³-hybridized carbons (Fsp3) is 0.143. The number of rotatable bonds is 1. The van der Waals surface area contributed by atoms with E-state index in [1.807, 2.05) is 0 Å². The normalized spacial score (nSPS) is 9.56.